The third-order valence-corrected chi connectivity index (χ3v) is 16.4. The highest BCUT2D eigenvalue weighted by atomic mass is 32.1. The predicted octanol–water partition coefficient (Wildman–Crippen LogP) is 15.2. The molecule has 0 unspecified atom stereocenters. The number of aromatic nitrogens is 1. The van der Waals surface area contributed by atoms with E-state index in [-0.39, 0.29) is 23.1 Å². The van der Waals surface area contributed by atoms with Crippen LogP contribution >= 0.6 is 11.3 Å². The molecule has 3 nitrogen and oxygen atoms in total. The zero-order valence-electron chi connectivity index (χ0n) is 37.6. The van der Waals surface area contributed by atoms with Gasteiger partial charge in [0.25, 0.3) is 0 Å². The topological polar surface area (TPSA) is 21.3 Å². The van der Waals surface area contributed by atoms with E-state index in [0.29, 0.717) is 0 Å². The molecular formula is C59H47BN2OS. The molecule has 1 aliphatic carbocycles. The third kappa shape index (κ3) is 4.68. The number of anilines is 2. The summed E-state index contributed by atoms with van der Waals surface area (Å²) in [5.41, 5.74) is 21.5. The summed E-state index contributed by atoms with van der Waals surface area (Å²) in [4.78, 5) is 2.71. The maximum absolute atomic E-state index is 6.64. The first-order chi connectivity index (χ1) is 30.7. The first-order valence-corrected chi connectivity index (χ1v) is 23.7. The molecule has 0 bridgehead atoms. The van der Waals surface area contributed by atoms with Gasteiger partial charge in [0, 0.05) is 75.8 Å². The van der Waals surface area contributed by atoms with E-state index in [2.05, 4.69) is 204 Å². The monoisotopic (exact) mass is 842 g/mol. The van der Waals surface area contributed by atoms with Gasteiger partial charge in [0.05, 0.1) is 11.0 Å². The molecule has 0 N–H and O–H groups in total. The second-order valence-corrected chi connectivity index (χ2v) is 22.4. The van der Waals surface area contributed by atoms with Crippen molar-refractivity contribution in [1.82, 2.24) is 4.57 Å². The summed E-state index contributed by atoms with van der Waals surface area (Å²) < 4.78 is 11.9. The second-order valence-electron chi connectivity index (χ2n) is 21.3. The van der Waals surface area contributed by atoms with Crippen LogP contribution in [0, 0.1) is 0 Å². The zero-order chi connectivity index (χ0) is 43.3. The minimum absolute atomic E-state index is 0.0370. The lowest BCUT2D eigenvalue weighted by atomic mass is 9.44. The van der Waals surface area contributed by atoms with Crippen molar-refractivity contribution in [3.05, 3.63) is 162 Å². The van der Waals surface area contributed by atoms with Gasteiger partial charge in [-0.3, -0.25) is 0 Å². The molecule has 5 heterocycles. The molecule has 8 aromatic carbocycles. The van der Waals surface area contributed by atoms with Crippen LogP contribution < -0.4 is 15.7 Å². The van der Waals surface area contributed by atoms with Crippen LogP contribution in [0.5, 0.6) is 0 Å². The summed E-state index contributed by atoms with van der Waals surface area (Å²) in [5, 5.41) is 7.47. The molecule has 0 saturated heterocycles. The highest BCUT2D eigenvalue weighted by molar-refractivity contribution is 7.26. The van der Waals surface area contributed by atoms with E-state index in [1.807, 2.05) is 11.3 Å². The Morgan fingerprint density at radius 1 is 0.516 bits per heavy atom. The Kier molecular flexibility index (Phi) is 6.89. The van der Waals surface area contributed by atoms with Crippen LogP contribution in [0.1, 0.15) is 77.6 Å². The SMILES string of the molecule is CC(C)(C)c1ccc(N2B3c4cc5sc6ccccc6c5cc4-n4c5cc6oc7ccccc7c6cc5c5ccc(c3c54)-c3cc4c(cc32)C(C)(C)c2ccc(C(C)(C)C)cc2-4)cc1. The number of para-hydroxylation sites is 1. The van der Waals surface area contributed by atoms with Gasteiger partial charge in [-0.1, -0.05) is 134 Å². The fourth-order valence-electron chi connectivity index (χ4n) is 11.9. The highest BCUT2D eigenvalue weighted by Gasteiger charge is 2.46. The zero-order valence-corrected chi connectivity index (χ0v) is 38.4. The van der Waals surface area contributed by atoms with Gasteiger partial charge in [-0.2, -0.15) is 0 Å². The largest absolute Gasteiger partial charge is 0.456 e. The van der Waals surface area contributed by atoms with Crippen LogP contribution in [0.4, 0.5) is 11.4 Å². The lowest BCUT2D eigenvalue weighted by Crippen LogP contribution is -2.60. The van der Waals surface area contributed by atoms with Crippen molar-refractivity contribution < 1.29 is 4.42 Å². The molecule has 0 spiro atoms. The molecule has 308 valence electrons. The standard InChI is InChI=1S/C59H47BN2OS/c1-57(2,3)32-17-20-34(21-18-32)62-49-29-46-40(39-25-33(58(4,5)6)19-24-45(39)59(46,7)8)26-41(49)37-22-23-38-42-27-43-35-13-9-11-15-51(35)63-52(43)31-48(42)61-50-28-44-36-14-10-12-16-53(36)64-54(44)30-47(50)60(62)55(37)56(38)61/h9-31H,1-8H3. The lowest BCUT2D eigenvalue weighted by Gasteiger charge is -2.42. The van der Waals surface area contributed by atoms with E-state index in [9.17, 15) is 0 Å². The molecule has 5 heteroatoms. The Labute approximate surface area is 377 Å². The first-order valence-electron chi connectivity index (χ1n) is 22.9. The van der Waals surface area contributed by atoms with E-state index in [1.165, 1.54) is 114 Å². The molecule has 0 atom stereocenters. The molecule has 3 aromatic heterocycles. The highest BCUT2D eigenvalue weighted by Crippen LogP contribution is 2.55. The van der Waals surface area contributed by atoms with Crippen molar-refractivity contribution in [3.8, 4) is 27.9 Å². The van der Waals surface area contributed by atoms with Crippen LogP contribution in [0.25, 0.3) is 91.9 Å². The minimum atomic E-state index is -0.163. The molecule has 2 aliphatic heterocycles. The number of hydrogen-bond acceptors (Lipinski definition) is 3. The molecule has 0 fully saturated rings. The van der Waals surface area contributed by atoms with Crippen molar-refractivity contribution in [2.24, 2.45) is 0 Å². The molecule has 14 rings (SSSR count). The van der Waals surface area contributed by atoms with Gasteiger partial charge in [0.1, 0.15) is 11.2 Å². The Morgan fingerprint density at radius 3 is 2.05 bits per heavy atom. The van der Waals surface area contributed by atoms with Gasteiger partial charge in [0.2, 0.25) is 0 Å². The maximum Gasteiger partial charge on any atom is 0.333 e. The first kappa shape index (κ1) is 36.9. The van der Waals surface area contributed by atoms with Gasteiger partial charge in [-0.15, -0.1) is 11.3 Å². The third-order valence-electron chi connectivity index (χ3n) is 15.3. The molecule has 0 amide bonds. The van der Waals surface area contributed by atoms with E-state index >= 15 is 0 Å². The van der Waals surface area contributed by atoms with Crippen molar-refractivity contribution in [2.75, 3.05) is 4.81 Å². The Bertz CT molecular complexity index is 3900. The predicted molar refractivity (Wildman–Crippen MR) is 275 cm³/mol. The van der Waals surface area contributed by atoms with Gasteiger partial charge < -0.3 is 13.8 Å². The number of furan rings is 1. The fourth-order valence-corrected chi connectivity index (χ4v) is 13.1. The number of rotatable bonds is 1. The lowest BCUT2D eigenvalue weighted by molar-refractivity contribution is 0.589. The summed E-state index contributed by atoms with van der Waals surface area (Å²) in [6.45, 7) is 18.7. The maximum atomic E-state index is 6.64. The molecule has 11 aromatic rings. The second kappa shape index (κ2) is 12.0. The number of fused-ring (bicyclic) bond motifs is 17. The van der Waals surface area contributed by atoms with Crippen molar-refractivity contribution >= 4 is 104 Å². The van der Waals surface area contributed by atoms with E-state index < -0.39 is 0 Å². The van der Waals surface area contributed by atoms with Crippen molar-refractivity contribution in [1.29, 1.82) is 0 Å². The van der Waals surface area contributed by atoms with E-state index in [0.717, 1.165) is 21.9 Å². The van der Waals surface area contributed by atoms with Crippen LogP contribution in [-0.4, -0.2) is 11.4 Å². The minimum Gasteiger partial charge on any atom is -0.456 e. The van der Waals surface area contributed by atoms with Gasteiger partial charge in [-0.25, -0.2) is 0 Å². The Hall–Kier alpha value is -6.56. The fraction of sp³-hybridized carbons (Fsp3) is 0.186. The van der Waals surface area contributed by atoms with E-state index in [1.54, 1.807) is 0 Å². The van der Waals surface area contributed by atoms with Crippen molar-refractivity contribution in [3.63, 3.8) is 0 Å². The average Bonchev–Trinajstić information content (AvgIpc) is 3.99. The van der Waals surface area contributed by atoms with Crippen LogP contribution in [0.2, 0.25) is 0 Å². The Balaban J connectivity index is 1.14. The van der Waals surface area contributed by atoms with E-state index in [4.69, 9.17) is 4.42 Å². The molecule has 0 saturated carbocycles. The van der Waals surface area contributed by atoms with Crippen LogP contribution in [0.15, 0.2) is 144 Å². The normalized spacial score (nSPS) is 14.9. The molecule has 64 heavy (non-hydrogen) atoms. The van der Waals surface area contributed by atoms with Crippen molar-refractivity contribution in [2.45, 2.75) is 71.6 Å². The number of hydrogen-bond donors (Lipinski definition) is 0. The molecule has 3 aliphatic rings. The quantitative estimate of drug-likeness (QED) is 0.154. The van der Waals surface area contributed by atoms with Gasteiger partial charge in [-0.05, 0) is 115 Å². The Morgan fingerprint density at radius 2 is 1.25 bits per heavy atom. The summed E-state index contributed by atoms with van der Waals surface area (Å²) in [6, 6.07) is 53.9. The van der Waals surface area contributed by atoms with Gasteiger partial charge in [0.15, 0.2) is 0 Å². The smallest absolute Gasteiger partial charge is 0.333 e. The summed E-state index contributed by atoms with van der Waals surface area (Å²) in [6.07, 6.45) is 0. The average molecular weight is 843 g/mol. The number of thiophene rings is 1. The van der Waals surface area contributed by atoms with Crippen LogP contribution in [-0.2, 0) is 16.2 Å². The number of benzene rings is 8. The molecule has 0 radical (unpaired) electrons. The summed E-state index contributed by atoms with van der Waals surface area (Å²) >= 11 is 1.91. The van der Waals surface area contributed by atoms with Crippen LogP contribution in [0.3, 0.4) is 0 Å². The van der Waals surface area contributed by atoms with Gasteiger partial charge >= 0.3 is 6.85 Å². The molecular weight excluding hydrogens is 796 g/mol. The summed E-state index contributed by atoms with van der Waals surface area (Å²) in [7, 11) is 0. The summed E-state index contributed by atoms with van der Waals surface area (Å²) in [5.74, 6) is 0. The number of nitrogens with zero attached hydrogens (tertiary/aromatic N) is 2.